The van der Waals surface area contributed by atoms with Gasteiger partial charge >= 0.3 is 0 Å². The number of aldehydes is 1. The van der Waals surface area contributed by atoms with Crippen LogP contribution in [-0.4, -0.2) is 76.1 Å². The number of allylic oxidation sites excluding steroid dienone is 3. The number of thiophene rings is 6. The van der Waals surface area contributed by atoms with E-state index >= 15 is 0 Å². The highest BCUT2D eigenvalue weighted by atomic mass is 79.9. The molecule has 2 aliphatic rings. The number of carbonyl (C=O) groups excluding carboxylic acids is 4. The van der Waals surface area contributed by atoms with Crippen molar-refractivity contribution in [2.45, 2.75) is 56.0 Å². The number of nitrogens with zero attached hydrogens (tertiary/aromatic N) is 1. The van der Waals surface area contributed by atoms with Crippen LogP contribution >= 0.6 is 95.6 Å². The Morgan fingerprint density at radius 2 is 1.48 bits per heavy atom. The minimum atomic E-state index is -1.14. The molecule has 460 valence electrons. The molecule has 3 amide bonds. The predicted octanol–water partition coefficient (Wildman–Crippen LogP) is 16.0. The van der Waals surface area contributed by atoms with Gasteiger partial charge in [0.2, 0.25) is 5.91 Å². The fourth-order valence-electron chi connectivity index (χ4n) is 9.18. The third kappa shape index (κ3) is 20.6. The fourth-order valence-corrected chi connectivity index (χ4v) is 14.8. The van der Waals surface area contributed by atoms with E-state index in [0.29, 0.717) is 33.4 Å². The summed E-state index contributed by atoms with van der Waals surface area (Å²) >= 11 is 18.1. The summed E-state index contributed by atoms with van der Waals surface area (Å²) in [6, 6.07) is 37.3. The van der Waals surface area contributed by atoms with Crippen LogP contribution in [0, 0.1) is 17.2 Å². The van der Waals surface area contributed by atoms with Crippen LogP contribution in [0.4, 0.5) is 0 Å². The molecule has 0 fully saturated rings. The average Bonchev–Trinajstić information content (AvgIpc) is 3.05. The van der Waals surface area contributed by atoms with Crippen molar-refractivity contribution in [2.24, 2.45) is 5.92 Å². The number of aliphatic hydroxyl groups is 1. The Morgan fingerprint density at radius 1 is 0.795 bits per heavy atom. The number of methoxy groups -OCH3 is 1. The second kappa shape index (κ2) is 36.5. The molecule has 5 N–H and O–H groups in total. The number of furan rings is 2. The third-order valence-electron chi connectivity index (χ3n) is 13.6. The van der Waals surface area contributed by atoms with Gasteiger partial charge < -0.3 is 44.7 Å². The topological polar surface area (TPSA) is 205 Å². The van der Waals surface area contributed by atoms with Gasteiger partial charge in [-0.2, -0.15) is 5.26 Å². The van der Waals surface area contributed by atoms with E-state index in [1.807, 2.05) is 126 Å². The van der Waals surface area contributed by atoms with Crippen LogP contribution in [0.15, 0.2) is 204 Å². The summed E-state index contributed by atoms with van der Waals surface area (Å²) in [4.78, 5) is 52.2. The van der Waals surface area contributed by atoms with Crippen molar-refractivity contribution in [2.75, 3.05) is 46.9 Å². The maximum atomic E-state index is 12.3. The summed E-state index contributed by atoms with van der Waals surface area (Å²) in [5.41, 5.74) is -0.186. The van der Waals surface area contributed by atoms with E-state index in [1.54, 1.807) is 84.8 Å². The number of nitrogens with one attached hydrogen (secondary N) is 4. The minimum absolute atomic E-state index is 0.0203. The molecule has 0 bridgehead atoms. The number of hydrogen-bond donors (Lipinski definition) is 5. The van der Waals surface area contributed by atoms with Crippen LogP contribution in [0.1, 0.15) is 117 Å². The monoisotopic (exact) mass is 1380 g/mol. The van der Waals surface area contributed by atoms with Gasteiger partial charge in [0.1, 0.15) is 28.6 Å². The quantitative estimate of drug-likeness (QED) is 0.0260. The van der Waals surface area contributed by atoms with Gasteiger partial charge in [-0.3, -0.25) is 19.2 Å². The van der Waals surface area contributed by atoms with Crippen molar-refractivity contribution in [1.29, 1.82) is 5.26 Å². The number of amides is 3. The fraction of sp³-hybridized carbons (Fsp3) is 0.258. The largest absolute Gasteiger partial charge is 0.501 e. The summed E-state index contributed by atoms with van der Waals surface area (Å²) < 4.78 is 23.5. The van der Waals surface area contributed by atoms with Crippen LogP contribution in [0.3, 0.4) is 0 Å². The maximum absolute atomic E-state index is 12.3. The molecule has 1 aliphatic carbocycles. The summed E-state index contributed by atoms with van der Waals surface area (Å²) in [7, 11) is 3.59. The lowest BCUT2D eigenvalue weighted by Crippen LogP contribution is -2.43. The molecular weight excluding hydrogens is 1310 g/mol. The normalized spacial score (nSPS) is 14.4. The SMILES string of the molecule is C/C=C(\OC)C(CNC(=O)c1ccc(Cl)s1)c1cccs1.CNCC(C1=CCCO1)c1ccco1.N#Cc1cccc(C(=O)NCC(c2ccco2)c2cccs2)c1.O=C(NCC(O)(c1cccs1)c1cccs1)C1CC=CCC1.O=Cc1cc(Br)cs1. The second-order valence-corrected chi connectivity index (χ2v) is 26.9. The van der Waals surface area contributed by atoms with Crippen LogP contribution < -0.4 is 21.3 Å². The van der Waals surface area contributed by atoms with Crippen LogP contribution in [-0.2, 0) is 19.9 Å². The van der Waals surface area contributed by atoms with Crippen LogP contribution in [0.2, 0.25) is 4.34 Å². The minimum Gasteiger partial charge on any atom is -0.501 e. The van der Waals surface area contributed by atoms with Gasteiger partial charge in [0, 0.05) is 66.9 Å². The van der Waals surface area contributed by atoms with Crippen molar-refractivity contribution in [1.82, 2.24) is 21.3 Å². The standard InChI is InChI=1S/C18H14N2O2S.C17H19NO2S2.C15H16ClNO2S2.C11H15NO2.C5H3BrOS/c19-11-13-4-1-5-14(10-13)18(21)20-12-15(16-6-2-8-22-16)17-7-3-9-23-17;19-16(13-6-2-1-3-7-13)18-12-17(20,14-8-4-10-21-14)15-9-5-11-22-15;1-3-11(19-2)10(12-5-4-8-20-12)9-17-15(18)13-6-7-14(16)21-13;1-12-8-9(10-4-2-6-13-10)11-5-3-7-14-11;6-4-1-5(2-7)8-3-4/h1-10,15H,12H2,(H,20,21);1-2,4-5,8-11,13,20H,3,6-7,12H2,(H,18,19);3-8,10H,9H2,1-2H3,(H,17,18);2,4-6,9,12H,3,7-8H2,1H3;1-3H/b;;11-3-;;. The Labute approximate surface area is 550 Å². The first kappa shape index (κ1) is 68.5. The number of benzene rings is 1. The van der Waals surface area contributed by atoms with Gasteiger partial charge in [-0.1, -0.05) is 54.1 Å². The Kier molecular flexibility index (Phi) is 28.4. The van der Waals surface area contributed by atoms with E-state index in [1.165, 1.54) is 45.3 Å². The lowest BCUT2D eigenvalue weighted by molar-refractivity contribution is -0.126. The van der Waals surface area contributed by atoms with Gasteiger partial charge in [-0.15, -0.1) is 68.0 Å². The lowest BCUT2D eigenvalue weighted by Gasteiger charge is -2.27. The Bertz CT molecular complexity index is 3560. The van der Waals surface area contributed by atoms with Gasteiger partial charge in [-0.05, 0) is 168 Å². The lowest BCUT2D eigenvalue weighted by atomic mass is 9.93. The second-order valence-electron chi connectivity index (χ2n) is 19.4. The number of nitriles is 1. The highest BCUT2D eigenvalue weighted by molar-refractivity contribution is 9.10. The Balaban J connectivity index is 0.000000162. The van der Waals surface area contributed by atoms with E-state index in [2.05, 4.69) is 55.4 Å². The molecule has 0 spiro atoms. The molecule has 22 heteroatoms. The highest BCUT2D eigenvalue weighted by Gasteiger charge is 2.35. The Hall–Kier alpha value is -6.94. The van der Waals surface area contributed by atoms with Crippen molar-refractivity contribution < 1.29 is 42.6 Å². The maximum Gasteiger partial charge on any atom is 0.261 e. The summed E-state index contributed by atoms with van der Waals surface area (Å²) in [5, 5.41) is 41.9. The van der Waals surface area contributed by atoms with Gasteiger partial charge in [0.15, 0.2) is 6.29 Å². The van der Waals surface area contributed by atoms with E-state index in [-0.39, 0.29) is 47.9 Å². The zero-order valence-electron chi connectivity index (χ0n) is 48.4. The van der Waals surface area contributed by atoms with Crippen molar-refractivity contribution >= 4 is 120 Å². The molecule has 88 heavy (non-hydrogen) atoms. The molecule has 1 aliphatic heterocycles. The van der Waals surface area contributed by atoms with Crippen LogP contribution in [0.5, 0.6) is 0 Å². The molecule has 9 heterocycles. The molecule has 1 aromatic carbocycles. The zero-order valence-corrected chi connectivity index (χ0v) is 55.7. The van der Waals surface area contributed by atoms with E-state index in [9.17, 15) is 24.3 Å². The van der Waals surface area contributed by atoms with Crippen molar-refractivity contribution in [3.05, 3.63) is 251 Å². The van der Waals surface area contributed by atoms with E-state index < -0.39 is 5.60 Å². The van der Waals surface area contributed by atoms with Gasteiger partial charge in [-0.25, -0.2) is 0 Å². The summed E-state index contributed by atoms with van der Waals surface area (Å²) in [6.07, 6.45) is 16.1. The first-order valence-corrected chi connectivity index (χ1v) is 34.3. The predicted molar refractivity (Wildman–Crippen MR) is 360 cm³/mol. The molecule has 9 aromatic rings. The third-order valence-corrected chi connectivity index (χ3v) is 20.5. The number of carbonyl (C=O) groups is 4. The van der Waals surface area contributed by atoms with E-state index in [4.69, 9.17) is 35.2 Å². The first-order valence-electron chi connectivity index (χ1n) is 27.9. The molecule has 0 saturated carbocycles. The van der Waals surface area contributed by atoms with Gasteiger partial charge in [0.25, 0.3) is 11.8 Å². The molecule has 11 rings (SSSR count). The van der Waals surface area contributed by atoms with Crippen molar-refractivity contribution in [3.63, 3.8) is 0 Å². The molecule has 4 atom stereocenters. The molecule has 0 saturated heterocycles. The number of ether oxygens (including phenoxy) is 2. The molecule has 4 unspecified atom stereocenters. The molecule has 8 aromatic heterocycles. The average molecular weight is 1380 g/mol. The summed E-state index contributed by atoms with van der Waals surface area (Å²) in [6.45, 7) is 4.72. The molecular formula is C66H67BrClN5O9S6. The number of likely N-dealkylation sites (N-methyl/N-ethyl adjacent to an activating group) is 1. The number of hydrogen-bond acceptors (Lipinski definition) is 17. The van der Waals surface area contributed by atoms with Crippen molar-refractivity contribution in [3.8, 4) is 6.07 Å². The van der Waals surface area contributed by atoms with E-state index in [0.717, 1.165) is 97.0 Å². The molecule has 14 nitrogen and oxygen atoms in total. The molecule has 0 radical (unpaired) electrons. The van der Waals surface area contributed by atoms with Crippen LogP contribution in [0.25, 0.3) is 0 Å². The van der Waals surface area contributed by atoms with Gasteiger partial charge in [0.05, 0.1) is 76.3 Å². The summed E-state index contributed by atoms with van der Waals surface area (Å²) in [5.74, 6) is 3.65. The number of rotatable bonds is 21. The zero-order chi connectivity index (χ0) is 62.5. The number of halogens is 2. The smallest absolute Gasteiger partial charge is 0.261 e. The highest BCUT2D eigenvalue weighted by Crippen LogP contribution is 2.36. The first-order chi connectivity index (χ1) is 42.9. The Morgan fingerprint density at radius 3 is 1.99 bits per heavy atom.